The Bertz CT molecular complexity index is 1060. The molecule has 2 heterocycles. The number of hydrogen-bond acceptors (Lipinski definition) is 6. The molecule has 0 saturated carbocycles. The van der Waals surface area contributed by atoms with Crippen LogP contribution in [-0.4, -0.2) is 36.4 Å². The number of ether oxygens (including phenoxy) is 1. The van der Waals surface area contributed by atoms with Crippen molar-refractivity contribution in [3.05, 3.63) is 51.6 Å². The van der Waals surface area contributed by atoms with Gasteiger partial charge in [0.1, 0.15) is 23.6 Å². The Balaban J connectivity index is 2.06. The van der Waals surface area contributed by atoms with E-state index in [1.165, 1.54) is 10.9 Å². The van der Waals surface area contributed by atoms with Gasteiger partial charge in [-0.25, -0.2) is 14.8 Å². The number of carbonyl (C=O) groups is 1. The standard InChI is InChI=1S/C18H21ClN6O3/c1-10(22-17(27)28-18(2,3)4)15-23-12-7-5-6-11(19)14(12)16(26)25(15)8-13-20-9-21-24-13/h5-7,9-10H,8H2,1-4H3,(H,22,27)(H,20,21,24)/t10-/m0/s1. The van der Waals surface area contributed by atoms with E-state index < -0.39 is 17.7 Å². The second-order valence-corrected chi connectivity index (χ2v) is 7.70. The summed E-state index contributed by atoms with van der Waals surface area (Å²) in [4.78, 5) is 34.0. The van der Waals surface area contributed by atoms with Gasteiger partial charge in [-0.15, -0.1) is 0 Å². The largest absolute Gasteiger partial charge is 0.444 e. The van der Waals surface area contributed by atoms with Crippen molar-refractivity contribution in [2.75, 3.05) is 0 Å². The molecule has 0 saturated heterocycles. The lowest BCUT2D eigenvalue weighted by atomic mass is 10.2. The number of aromatic nitrogens is 5. The molecular formula is C18H21ClN6O3. The number of hydrogen-bond donors (Lipinski definition) is 2. The van der Waals surface area contributed by atoms with E-state index in [2.05, 4.69) is 25.5 Å². The van der Waals surface area contributed by atoms with Gasteiger partial charge >= 0.3 is 6.09 Å². The molecule has 3 aromatic rings. The Kier molecular flexibility index (Phi) is 5.37. The Hall–Kier alpha value is -2.94. The first-order valence-electron chi connectivity index (χ1n) is 8.68. The molecular weight excluding hydrogens is 384 g/mol. The minimum Gasteiger partial charge on any atom is -0.444 e. The summed E-state index contributed by atoms with van der Waals surface area (Å²) in [7, 11) is 0. The van der Waals surface area contributed by atoms with Gasteiger partial charge in [-0.05, 0) is 39.8 Å². The normalized spacial score (nSPS) is 12.8. The predicted octanol–water partition coefficient (Wildman–Crippen LogP) is 2.80. The molecule has 2 aromatic heterocycles. The van der Waals surface area contributed by atoms with Crippen LogP contribution in [0.15, 0.2) is 29.3 Å². The van der Waals surface area contributed by atoms with Gasteiger partial charge < -0.3 is 10.1 Å². The Labute approximate surface area is 166 Å². The molecule has 10 heteroatoms. The quantitative estimate of drug-likeness (QED) is 0.690. The second kappa shape index (κ2) is 7.59. The highest BCUT2D eigenvalue weighted by molar-refractivity contribution is 6.35. The van der Waals surface area contributed by atoms with Crippen LogP contribution in [0.1, 0.15) is 45.4 Å². The molecule has 0 fully saturated rings. The first-order valence-corrected chi connectivity index (χ1v) is 9.06. The molecule has 0 spiro atoms. The first-order chi connectivity index (χ1) is 13.2. The number of fused-ring (bicyclic) bond motifs is 1. The van der Waals surface area contributed by atoms with E-state index in [1.807, 2.05) is 0 Å². The minimum atomic E-state index is -0.645. The van der Waals surface area contributed by atoms with Crippen LogP contribution in [-0.2, 0) is 11.3 Å². The maximum atomic E-state index is 13.1. The van der Waals surface area contributed by atoms with Gasteiger partial charge in [-0.1, -0.05) is 17.7 Å². The number of amides is 1. The van der Waals surface area contributed by atoms with Crippen LogP contribution in [0, 0.1) is 0 Å². The SMILES string of the molecule is C[C@H](NC(=O)OC(C)(C)C)c1nc2cccc(Cl)c2c(=O)n1Cc1ncn[nH]1. The van der Waals surface area contributed by atoms with E-state index in [4.69, 9.17) is 16.3 Å². The number of nitrogens with zero attached hydrogens (tertiary/aromatic N) is 4. The maximum Gasteiger partial charge on any atom is 0.408 e. The second-order valence-electron chi connectivity index (χ2n) is 7.30. The van der Waals surface area contributed by atoms with Crippen molar-refractivity contribution in [1.82, 2.24) is 30.0 Å². The monoisotopic (exact) mass is 404 g/mol. The van der Waals surface area contributed by atoms with Gasteiger partial charge in [-0.3, -0.25) is 14.5 Å². The van der Waals surface area contributed by atoms with Crippen molar-refractivity contribution >= 4 is 28.6 Å². The van der Waals surface area contributed by atoms with E-state index in [1.54, 1.807) is 45.9 Å². The van der Waals surface area contributed by atoms with Crippen molar-refractivity contribution in [3.8, 4) is 0 Å². The van der Waals surface area contributed by atoms with Crippen LogP contribution in [0.4, 0.5) is 4.79 Å². The van der Waals surface area contributed by atoms with Crippen molar-refractivity contribution in [2.24, 2.45) is 0 Å². The average Bonchev–Trinajstić information content (AvgIpc) is 3.08. The molecule has 1 amide bonds. The van der Waals surface area contributed by atoms with E-state index in [-0.39, 0.29) is 12.1 Å². The van der Waals surface area contributed by atoms with E-state index in [0.717, 1.165) is 0 Å². The summed E-state index contributed by atoms with van der Waals surface area (Å²) >= 11 is 6.23. The molecule has 0 aliphatic carbocycles. The molecule has 0 aliphatic heterocycles. The van der Waals surface area contributed by atoms with Crippen molar-refractivity contribution in [3.63, 3.8) is 0 Å². The summed E-state index contributed by atoms with van der Waals surface area (Å²) in [6.07, 6.45) is 0.746. The predicted molar refractivity (Wildman–Crippen MR) is 104 cm³/mol. The fourth-order valence-electron chi connectivity index (χ4n) is 2.73. The maximum absolute atomic E-state index is 13.1. The van der Waals surface area contributed by atoms with Gasteiger partial charge in [-0.2, -0.15) is 5.10 Å². The van der Waals surface area contributed by atoms with Crippen LogP contribution in [0.2, 0.25) is 5.02 Å². The van der Waals surface area contributed by atoms with Crippen LogP contribution >= 0.6 is 11.6 Å². The van der Waals surface area contributed by atoms with Crippen molar-refractivity contribution in [2.45, 2.75) is 45.9 Å². The number of nitrogens with one attached hydrogen (secondary N) is 2. The Morgan fingerprint density at radius 2 is 2.14 bits per heavy atom. The zero-order chi connectivity index (χ0) is 20.5. The van der Waals surface area contributed by atoms with Gasteiger partial charge in [0.05, 0.1) is 28.5 Å². The molecule has 148 valence electrons. The topological polar surface area (TPSA) is 115 Å². The van der Waals surface area contributed by atoms with Gasteiger partial charge in [0.15, 0.2) is 0 Å². The van der Waals surface area contributed by atoms with E-state index >= 15 is 0 Å². The summed E-state index contributed by atoms with van der Waals surface area (Å²) in [5.41, 5.74) is -0.535. The molecule has 1 atom stereocenters. The van der Waals surface area contributed by atoms with Crippen LogP contribution in [0.3, 0.4) is 0 Å². The van der Waals surface area contributed by atoms with Gasteiger partial charge in [0, 0.05) is 0 Å². The lowest BCUT2D eigenvalue weighted by Gasteiger charge is -2.23. The Morgan fingerprint density at radius 3 is 2.79 bits per heavy atom. The summed E-state index contributed by atoms with van der Waals surface area (Å²) in [6, 6.07) is 4.45. The molecule has 0 radical (unpaired) electrons. The molecule has 2 N–H and O–H groups in total. The summed E-state index contributed by atoms with van der Waals surface area (Å²) < 4.78 is 6.71. The van der Waals surface area contributed by atoms with Gasteiger partial charge in [0.2, 0.25) is 0 Å². The Morgan fingerprint density at radius 1 is 1.39 bits per heavy atom. The van der Waals surface area contributed by atoms with E-state index in [0.29, 0.717) is 27.6 Å². The third kappa shape index (κ3) is 4.30. The lowest BCUT2D eigenvalue weighted by molar-refractivity contribution is 0.0505. The zero-order valence-electron chi connectivity index (χ0n) is 16.0. The first kappa shape index (κ1) is 19.8. The number of rotatable bonds is 4. The average molecular weight is 405 g/mol. The lowest BCUT2D eigenvalue weighted by Crippen LogP contribution is -2.37. The summed E-state index contributed by atoms with van der Waals surface area (Å²) in [5, 5.41) is 9.85. The third-order valence-electron chi connectivity index (χ3n) is 3.86. The smallest absolute Gasteiger partial charge is 0.408 e. The number of halogens is 1. The fourth-order valence-corrected chi connectivity index (χ4v) is 2.98. The number of alkyl carbamates (subject to hydrolysis) is 1. The van der Waals surface area contributed by atoms with Crippen LogP contribution in [0.5, 0.6) is 0 Å². The number of benzene rings is 1. The molecule has 0 unspecified atom stereocenters. The molecule has 28 heavy (non-hydrogen) atoms. The van der Waals surface area contributed by atoms with Crippen LogP contribution < -0.4 is 10.9 Å². The summed E-state index contributed by atoms with van der Waals surface area (Å²) in [5.74, 6) is 0.822. The van der Waals surface area contributed by atoms with Crippen LogP contribution in [0.25, 0.3) is 10.9 Å². The third-order valence-corrected chi connectivity index (χ3v) is 4.17. The highest BCUT2D eigenvalue weighted by atomic mass is 35.5. The van der Waals surface area contributed by atoms with Gasteiger partial charge in [0.25, 0.3) is 5.56 Å². The number of H-pyrrole nitrogens is 1. The zero-order valence-corrected chi connectivity index (χ0v) is 16.7. The molecule has 0 aliphatic rings. The summed E-state index contributed by atoms with van der Waals surface area (Å²) in [6.45, 7) is 7.13. The van der Waals surface area contributed by atoms with E-state index in [9.17, 15) is 9.59 Å². The molecule has 3 rings (SSSR count). The van der Waals surface area contributed by atoms with Crippen molar-refractivity contribution in [1.29, 1.82) is 0 Å². The molecule has 0 bridgehead atoms. The number of carbonyl (C=O) groups excluding carboxylic acids is 1. The molecule has 1 aromatic carbocycles. The fraction of sp³-hybridized carbons (Fsp3) is 0.389. The highest BCUT2D eigenvalue weighted by Crippen LogP contribution is 2.21. The highest BCUT2D eigenvalue weighted by Gasteiger charge is 2.23. The van der Waals surface area contributed by atoms with Crippen molar-refractivity contribution < 1.29 is 9.53 Å². The minimum absolute atomic E-state index is 0.0999. The molecule has 9 nitrogen and oxygen atoms in total. The number of aromatic amines is 1.